The molecule has 1 aromatic rings. The second kappa shape index (κ2) is 5.89. The number of rotatable bonds is 5. The third-order valence-electron chi connectivity index (χ3n) is 1.69. The molecule has 13 heavy (non-hydrogen) atoms. The maximum absolute atomic E-state index is 10.6. The zero-order valence-electron chi connectivity index (χ0n) is 7.66. The van der Waals surface area contributed by atoms with Crippen molar-refractivity contribution >= 4 is 12.0 Å². The van der Waals surface area contributed by atoms with Crippen LogP contribution in [0.25, 0.3) is 0 Å². The largest absolute Gasteiger partial charge is 0.492 e. The quantitative estimate of drug-likeness (QED) is 0.535. The van der Waals surface area contributed by atoms with Crippen molar-refractivity contribution in [3.63, 3.8) is 0 Å². The van der Waals surface area contributed by atoms with E-state index < -0.39 is 0 Å². The standard InChI is InChI=1S/C10H13O2S/c1-2-3-8-12-9-6-4-5-7-10(9)13-11/h4-7H,2-3,8H2,1H3. The molecule has 0 saturated carbocycles. The highest BCUT2D eigenvalue weighted by Crippen LogP contribution is 2.27. The van der Waals surface area contributed by atoms with Crippen LogP contribution < -0.4 is 4.74 Å². The minimum Gasteiger partial charge on any atom is -0.492 e. The molecule has 0 N–H and O–H groups in total. The van der Waals surface area contributed by atoms with E-state index in [1.807, 2.05) is 18.2 Å². The third-order valence-corrected chi connectivity index (χ3v) is 2.21. The van der Waals surface area contributed by atoms with Crippen LogP contribution in [0.2, 0.25) is 0 Å². The van der Waals surface area contributed by atoms with Gasteiger partial charge in [0.25, 0.3) is 0 Å². The maximum atomic E-state index is 10.6. The average Bonchev–Trinajstić information content (AvgIpc) is 2.19. The molecule has 0 heterocycles. The lowest BCUT2D eigenvalue weighted by molar-refractivity contribution is 0.302. The van der Waals surface area contributed by atoms with Gasteiger partial charge in [-0.1, -0.05) is 25.5 Å². The summed E-state index contributed by atoms with van der Waals surface area (Å²) in [6.45, 7) is 2.80. The summed E-state index contributed by atoms with van der Waals surface area (Å²) in [4.78, 5) is 0.665. The number of hydrogen-bond donors (Lipinski definition) is 0. The molecule has 0 saturated heterocycles. The fraction of sp³-hybridized carbons (Fsp3) is 0.400. The van der Waals surface area contributed by atoms with E-state index >= 15 is 0 Å². The van der Waals surface area contributed by atoms with Gasteiger partial charge in [-0.05, 0) is 18.6 Å². The summed E-state index contributed by atoms with van der Waals surface area (Å²) in [5, 5.41) is 0. The van der Waals surface area contributed by atoms with Crippen molar-refractivity contribution in [3.8, 4) is 5.75 Å². The van der Waals surface area contributed by atoms with Crippen LogP contribution >= 0.6 is 12.0 Å². The number of hydrogen-bond acceptors (Lipinski definition) is 2. The summed E-state index contributed by atoms with van der Waals surface area (Å²) >= 11 is 0.478. The van der Waals surface area contributed by atoms with Crippen LogP contribution in [0.15, 0.2) is 29.2 Å². The molecule has 0 atom stereocenters. The molecule has 2 nitrogen and oxygen atoms in total. The Bertz CT molecular complexity index is 250. The molecule has 0 spiro atoms. The van der Waals surface area contributed by atoms with Gasteiger partial charge in [0.2, 0.25) is 0 Å². The molecule has 0 bridgehead atoms. The smallest absolute Gasteiger partial charge is 0.135 e. The first-order valence-corrected chi connectivity index (χ1v) is 5.14. The lowest BCUT2D eigenvalue weighted by Gasteiger charge is -2.07. The molecule has 0 unspecified atom stereocenters. The summed E-state index contributed by atoms with van der Waals surface area (Å²) in [5.74, 6) is 0.705. The number of para-hydroxylation sites is 1. The van der Waals surface area contributed by atoms with Crippen molar-refractivity contribution < 1.29 is 9.29 Å². The van der Waals surface area contributed by atoms with E-state index in [4.69, 9.17) is 4.74 Å². The molecule has 3 heteroatoms. The topological polar surface area (TPSA) is 29.1 Å². The van der Waals surface area contributed by atoms with E-state index in [2.05, 4.69) is 6.92 Å². The molecule has 1 rings (SSSR count). The molecule has 0 aliphatic heterocycles. The Morgan fingerprint density at radius 2 is 2.15 bits per heavy atom. The first-order valence-electron chi connectivity index (χ1n) is 4.40. The zero-order valence-corrected chi connectivity index (χ0v) is 8.47. The Morgan fingerprint density at radius 3 is 2.85 bits per heavy atom. The number of ether oxygens (including phenoxy) is 1. The SMILES string of the molecule is CCCCOc1ccccc1S[O]. The van der Waals surface area contributed by atoms with Gasteiger partial charge in [-0.25, -0.2) is 0 Å². The van der Waals surface area contributed by atoms with Gasteiger partial charge in [-0.2, -0.15) is 0 Å². The second-order valence-corrected chi connectivity index (χ2v) is 3.34. The first kappa shape index (κ1) is 10.4. The highest BCUT2D eigenvalue weighted by molar-refractivity contribution is 7.93. The molecule has 0 aromatic heterocycles. The van der Waals surface area contributed by atoms with Gasteiger partial charge in [0.05, 0.1) is 23.5 Å². The van der Waals surface area contributed by atoms with Crippen LogP contribution in [0.4, 0.5) is 0 Å². The fourth-order valence-electron chi connectivity index (χ4n) is 0.965. The molecule has 0 aliphatic carbocycles. The molecule has 1 aromatic carbocycles. The predicted octanol–water partition coefficient (Wildman–Crippen LogP) is 3.30. The van der Waals surface area contributed by atoms with Gasteiger partial charge in [0.1, 0.15) is 5.75 Å². The molecule has 0 fully saturated rings. The van der Waals surface area contributed by atoms with Crippen LogP contribution in [-0.4, -0.2) is 6.61 Å². The fourth-order valence-corrected chi connectivity index (χ4v) is 1.31. The van der Waals surface area contributed by atoms with Crippen LogP contribution in [0.5, 0.6) is 5.75 Å². The number of benzene rings is 1. The Labute approximate surface area is 83.1 Å². The summed E-state index contributed by atoms with van der Waals surface area (Å²) in [6, 6.07) is 7.32. The van der Waals surface area contributed by atoms with Crippen molar-refractivity contribution in [2.45, 2.75) is 24.7 Å². The van der Waals surface area contributed by atoms with Crippen LogP contribution in [0.3, 0.4) is 0 Å². The Kier molecular flexibility index (Phi) is 4.72. The molecule has 0 aliphatic rings. The van der Waals surface area contributed by atoms with Crippen molar-refractivity contribution in [1.29, 1.82) is 0 Å². The van der Waals surface area contributed by atoms with E-state index in [9.17, 15) is 4.55 Å². The van der Waals surface area contributed by atoms with Gasteiger partial charge >= 0.3 is 0 Å². The number of unbranched alkanes of at least 4 members (excludes halogenated alkanes) is 1. The van der Waals surface area contributed by atoms with Crippen molar-refractivity contribution in [2.75, 3.05) is 6.61 Å². The van der Waals surface area contributed by atoms with E-state index in [0.29, 0.717) is 29.3 Å². The zero-order chi connectivity index (χ0) is 9.52. The van der Waals surface area contributed by atoms with Gasteiger partial charge in [0, 0.05) is 0 Å². The van der Waals surface area contributed by atoms with Crippen LogP contribution in [0, 0.1) is 0 Å². The molecular weight excluding hydrogens is 184 g/mol. The Morgan fingerprint density at radius 1 is 1.38 bits per heavy atom. The minimum absolute atomic E-state index is 0.478. The van der Waals surface area contributed by atoms with Gasteiger partial charge in [-0.3, -0.25) is 0 Å². The van der Waals surface area contributed by atoms with Gasteiger partial charge in [-0.15, -0.1) is 4.55 Å². The maximum Gasteiger partial charge on any atom is 0.135 e. The summed E-state index contributed by atoms with van der Waals surface area (Å²) in [7, 11) is 0. The average molecular weight is 197 g/mol. The van der Waals surface area contributed by atoms with E-state index in [0.717, 1.165) is 12.8 Å². The Hall–Kier alpha value is -0.670. The van der Waals surface area contributed by atoms with Crippen molar-refractivity contribution in [1.82, 2.24) is 0 Å². The first-order chi connectivity index (χ1) is 6.38. The highest BCUT2D eigenvalue weighted by Gasteiger charge is 2.01. The highest BCUT2D eigenvalue weighted by atomic mass is 32.2. The summed E-state index contributed by atoms with van der Waals surface area (Å²) in [6.07, 6.45) is 2.13. The van der Waals surface area contributed by atoms with Crippen molar-refractivity contribution in [2.24, 2.45) is 0 Å². The lowest BCUT2D eigenvalue weighted by Crippen LogP contribution is -1.97. The lowest BCUT2D eigenvalue weighted by atomic mass is 10.3. The van der Waals surface area contributed by atoms with Crippen molar-refractivity contribution in [3.05, 3.63) is 24.3 Å². The van der Waals surface area contributed by atoms with Crippen LogP contribution in [-0.2, 0) is 4.55 Å². The molecule has 0 amide bonds. The third kappa shape index (κ3) is 3.28. The van der Waals surface area contributed by atoms with E-state index in [1.54, 1.807) is 6.07 Å². The molecule has 1 radical (unpaired) electrons. The Balaban J connectivity index is 2.54. The second-order valence-electron chi connectivity index (χ2n) is 2.73. The minimum atomic E-state index is 0.478. The van der Waals surface area contributed by atoms with E-state index in [1.165, 1.54) is 0 Å². The normalized spacial score (nSPS) is 10.0. The summed E-state index contributed by atoms with van der Waals surface area (Å²) < 4.78 is 16.1. The van der Waals surface area contributed by atoms with Crippen LogP contribution in [0.1, 0.15) is 19.8 Å². The summed E-state index contributed by atoms with van der Waals surface area (Å²) in [5.41, 5.74) is 0. The van der Waals surface area contributed by atoms with E-state index in [-0.39, 0.29) is 0 Å². The van der Waals surface area contributed by atoms with Gasteiger partial charge < -0.3 is 4.74 Å². The molecule has 71 valence electrons. The predicted molar refractivity (Wildman–Crippen MR) is 53.4 cm³/mol. The molecular formula is C10H13O2S. The monoisotopic (exact) mass is 197 g/mol. The van der Waals surface area contributed by atoms with Gasteiger partial charge in [0.15, 0.2) is 0 Å².